The number of rotatable bonds is 2. The molecule has 0 bridgehead atoms. The summed E-state index contributed by atoms with van der Waals surface area (Å²) in [5.74, 6) is 0.119. The number of hydrogen-bond acceptors (Lipinski definition) is 3. The second-order valence-electron chi connectivity index (χ2n) is 5.56. The lowest BCUT2D eigenvalue weighted by molar-refractivity contribution is 0.0793. The van der Waals surface area contributed by atoms with Gasteiger partial charge in [0.15, 0.2) is 0 Å². The van der Waals surface area contributed by atoms with Crippen LogP contribution in [-0.2, 0) is 0 Å². The topological polar surface area (TPSA) is 51.0 Å². The number of carbonyl (C=O) groups excluding carboxylic acids is 1. The van der Waals surface area contributed by atoms with Crippen LogP contribution < -0.4 is 0 Å². The van der Waals surface area contributed by atoms with Gasteiger partial charge in [0.25, 0.3) is 5.91 Å². The van der Waals surface area contributed by atoms with E-state index in [0.717, 1.165) is 48.1 Å². The van der Waals surface area contributed by atoms with Gasteiger partial charge < -0.3 is 4.90 Å². The molecule has 0 atom stereocenters. The van der Waals surface area contributed by atoms with E-state index >= 15 is 0 Å². The predicted octanol–water partition coefficient (Wildman–Crippen LogP) is 2.66. The highest BCUT2D eigenvalue weighted by Gasteiger charge is 2.19. The number of likely N-dealkylation sites (tertiary alicyclic amines) is 1. The van der Waals surface area contributed by atoms with Gasteiger partial charge in [-0.2, -0.15) is 5.10 Å². The van der Waals surface area contributed by atoms with Gasteiger partial charge in [-0.15, -0.1) is 0 Å². The standard InChI is InChI=1S/C17H16N4O/c22-17(20-8-1-2-9-20)13-5-6-16-14(10-13)12-21(19-16)15-4-3-7-18-11-15/h3-7,10-12H,1-2,8-9H2. The van der Waals surface area contributed by atoms with E-state index in [1.807, 2.05) is 41.4 Å². The molecule has 110 valence electrons. The zero-order chi connectivity index (χ0) is 14.9. The lowest BCUT2D eigenvalue weighted by Crippen LogP contribution is -2.27. The normalized spacial score (nSPS) is 14.6. The number of hydrogen-bond donors (Lipinski definition) is 0. The smallest absolute Gasteiger partial charge is 0.253 e. The molecular formula is C17H16N4O. The van der Waals surface area contributed by atoms with E-state index < -0.39 is 0 Å². The molecule has 0 saturated carbocycles. The molecule has 1 amide bonds. The van der Waals surface area contributed by atoms with E-state index in [9.17, 15) is 4.79 Å². The Morgan fingerprint density at radius 2 is 2.00 bits per heavy atom. The second kappa shape index (κ2) is 5.26. The highest BCUT2D eigenvalue weighted by atomic mass is 16.2. The summed E-state index contributed by atoms with van der Waals surface area (Å²) in [6, 6.07) is 9.53. The summed E-state index contributed by atoms with van der Waals surface area (Å²) in [7, 11) is 0. The Kier molecular flexibility index (Phi) is 3.11. The van der Waals surface area contributed by atoms with E-state index in [1.54, 1.807) is 17.1 Å². The Balaban J connectivity index is 1.70. The number of benzene rings is 1. The van der Waals surface area contributed by atoms with Crippen molar-refractivity contribution < 1.29 is 4.79 Å². The van der Waals surface area contributed by atoms with Crippen LogP contribution in [0.3, 0.4) is 0 Å². The molecule has 5 nitrogen and oxygen atoms in total. The van der Waals surface area contributed by atoms with Gasteiger partial charge in [0.1, 0.15) is 0 Å². The van der Waals surface area contributed by atoms with Crippen LogP contribution in [0.2, 0.25) is 0 Å². The van der Waals surface area contributed by atoms with Crippen LogP contribution in [-0.4, -0.2) is 38.7 Å². The highest BCUT2D eigenvalue weighted by molar-refractivity contribution is 5.98. The van der Waals surface area contributed by atoms with Crippen molar-refractivity contribution in [3.8, 4) is 5.69 Å². The molecule has 2 aromatic heterocycles. The molecule has 1 fully saturated rings. The van der Waals surface area contributed by atoms with Crippen LogP contribution in [0.1, 0.15) is 23.2 Å². The van der Waals surface area contributed by atoms with Gasteiger partial charge in [0.05, 0.1) is 17.4 Å². The molecule has 1 saturated heterocycles. The van der Waals surface area contributed by atoms with Crippen LogP contribution in [0.5, 0.6) is 0 Å². The first-order valence-corrected chi connectivity index (χ1v) is 7.50. The Labute approximate surface area is 128 Å². The van der Waals surface area contributed by atoms with E-state index in [1.165, 1.54) is 0 Å². The van der Waals surface area contributed by atoms with Gasteiger partial charge in [-0.25, -0.2) is 4.68 Å². The Bertz CT molecular complexity index is 819. The fraction of sp³-hybridized carbons (Fsp3) is 0.235. The summed E-state index contributed by atoms with van der Waals surface area (Å²) >= 11 is 0. The monoisotopic (exact) mass is 292 g/mol. The number of amides is 1. The molecule has 22 heavy (non-hydrogen) atoms. The maximum absolute atomic E-state index is 12.5. The van der Waals surface area contributed by atoms with Gasteiger partial charge >= 0.3 is 0 Å². The lowest BCUT2D eigenvalue weighted by atomic mass is 10.1. The Hall–Kier alpha value is -2.69. The van der Waals surface area contributed by atoms with E-state index in [2.05, 4.69) is 10.1 Å². The van der Waals surface area contributed by atoms with Gasteiger partial charge in [-0.05, 0) is 43.2 Å². The summed E-state index contributed by atoms with van der Waals surface area (Å²) in [6.07, 6.45) is 7.65. The molecule has 1 aliphatic heterocycles. The third-order valence-corrected chi connectivity index (χ3v) is 4.06. The zero-order valence-electron chi connectivity index (χ0n) is 12.1. The van der Waals surface area contributed by atoms with Crippen molar-refractivity contribution in [1.82, 2.24) is 19.7 Å². The zero-order valence-corrected chi connectivity index (χ0v) is 12.1. The van der Waals surface area contributed by atoms with Crippen molar-refractivity contribution in [3.05, 3.63) is 54.5 Å². The van der Waals surface area contributed by atoms with Crippen LogP contribution in [0.4, 0.5) is 0 Å². The Morgan fingerprint density at radius 3 is 2.77 bits per heavy atom. The minimum Gasteiger partial charge on any atom is -0.339 e. The fourth-order valence-electron chi connectivity index (χ4n) is 2.88. The van der Waals surface area contributed by atoms with Crippen LogP contribution in [0.15, 0.2) is 48.9 Å². The van der Waals surface area contributed by atoms with Crippen LogP contribution >= 0.6 is 0 Å². The molecule has 3 aromatic rings. The number of aromatic nitrogens is 3. The summed E-state index contributed by atoms with van der Waals surface area (Å²) in [5, 5.41) is 5.50. The third-order valence-electron chi connectivity index (χ3n) is 4.06. The van der Waals surface area contributed by atoms with Gasteiger partial charge in [0, 0.05) is 36.4 Å². The quantitative estimate of drug-likeness (QED) is 0.729. The second-order valence-corrected chi connectivity index (χ2v) is 5.56. The summed E-state index contributed by atoms with van der Waals surface area (Å²) in [6.45, 7) is 1.73. The lowest BCUT2D eigenvalue weighted by Gasteiger charge is -2.14. The average Bonchev–Trinajstić information content (AvgIpc) is 3.23. The van der Waals surface area contributed by atoms with Crippen LogP contribution in [0.25, 0.3) is 16.6 Å². The highest BCUT2D eigenvalue weighted by Crippen LogP contribution is 2.19. The molecule has 5 heteroatoms. The molecular weight excluding hydrogens is 276 g/mol. The molecule has 0 aliphatic carbocycles. The van der Waals surface area contributed by atoms with Gasteiger partial charge in [0.2, 0.25) is 0 Å². The molecule has 0 N–H and O–H groups in total. The summed E-state index contributed by atoms with van der Waals surface area (Å²) in [4.78, 5) is 18.5. The number of carbonyl (C=O) groups is 1. The largest absolute Gasteiger partial charge is 0.339 e. The minimum absolute atomic E-state index is 0.119. The number of nitrogens with zero attached hydrogens (tertiary/aromatic N) is 4. The Morgan fingerprint density at radius 1 is 1.14 bits per heavy atom. The first kappa shape index (κ1) is 13.0. The summed E-state index contributed by atoms with van der Waals surface area (Å²) < 4.78 is 1.79. The van der Waals surface area contributed by atoms with Crippen molar-refractivity contribution in [2.45, 2.75) is 12.8 Å². The van der Waals surface area contributed by atoms with E-state index in [0.29, 0.717) is 0 Å². The minimum atomic E-state index is 0.119. The number of fused-ring (bicyclic) bond motifs is 1. The van der Waals surface area contributed by atoms with Crippen molar-refractivity contribution in [2.75, 3.05) is 13.1 Å². The van der Waals surface area contributed by atoms with E-state index in [4.69, 9.17) is 0 Å². The fourth-order valence-corrected chi connectivity index (χ4v) is 2.88. The molecule has 0 spiro atoms. The van der Waals surface area contributed by atoms with Crippen molar-refractivity contribution in [3.63, 3.8) is 0 Å². The summed E-state index contributed by atoms with van der Waals surface area (Å²) in [5.41, 5.74) is 2.52. The predicted molar refractivity (Wildman–Crippen MR) is 84.0 cm³/mol. The average molecular weight is 292 g/mol. The third kappa shape index (κ3) is 2.24. The SMILES string of the molecule is O=C(c1ccc2nn(-c3cccnc3)cc2c1)N1CCCC1. The van der Waals surface area contributed by atoms with Crippen molar-refractivity contribution in [1.29, 1.82) is 0 Å². The van der Waals surface area contributed by atoms with Crippen LogP contribution in [0, 0.1) is 0 Å². The number of pyridine rings is 1. The molecule has 0 radical (unpaired) electrons. The maximum Gasteiger partial charge on any atom is 0.253 e. The van der Waals surface area contributed by atoms with Crippen molar-refractivity contribution in [2.24, 2.45) is 0 Å². The first-order valence-electron chi connectivity index (χ1n) is 7.50. The molecule has 1 aliphatic rings. The molecule has 4 rings (SSSR count). The molecule has 0 unspecified atom stereocenters. The van der Waals surface area contributed by atoms with E-state index in [-0.39, 0.29) is 5.91 Å². The van der Waals surface area contributed by atoms with Gasteiger partial charge in [-0.1, -0.05) is 0 Å². The maximum atomic E-state index is 12.5. The molecule has 1 aromatic carbocycles. The van der Waals surface area contributed by atoms with Crippen molar-refractivity contribution >= 4 is 16.8 Å². The first-order chi connectivity index (χ1) is 10.8. The molecule has 3 heterocycles. The van der Waals surface area contributed by atoms with Gasteiger partial charge in [-0.3, -0.25) is 9.78 Å².